The van der Waals surface area contributed by atoms with E-state index < -0.39 is 0 Å². The summed E-state index contributed by atoms with van der Waals surface area (Å²) in [6, 6.07) is 44.0. The SMILES string of the molecule is Cc1cc(-c2ccccc2)cc(-c2cc3c4cc5ccccc5cc4n4c3c(c2)n2c3ccccc3nc24)c1. The van der Waals surface area contributed by atoms with Gasteiger partial charge in [-0.3, -0.25) is 8.80 Å². The Morgan fingerprint density at radius 3 is 2.03 bits per heavy atom. The molecule has 0 amide bonds. The average molecular weight is 498 g/mol. The number of hydrogen-bond acceptors (Lipinski definition) is 1. The van der Waals surface area contributed by atoms with E-state index in [4.69, 9.17) is 4.98 Å². The number of para-hydroxylation sites is 2. The predicted molar refractivity (Wildman–Crippen MR) is 163 cm³/mol. The largest absolute Gasteiger partial charge is 0.277 e. The highest BCUT2D eigenvalue weighted by Gasteiger charge is 2.22. The lowest BCUT2D eigenvalue weighted by Gasteiger charge is -2.10. The first-order valence-corrected chi connectivity index (χ1v) is 13.4. The molecule has 9 rings (SSSR count). The summed E-state index contributed by atoms with van der Waals surface area (Å²) in [6.45, 7) is 2.19. The molecule has 0 bridgehead atoms. The van der Waals surface area contributed by atoms with Crippen molar-refractivity contribution in [1.82, 2.24) is 13.8 Å². The number of nitrogens with zero attached hydrogens (tertiary/aromatic N) is 3. The van der Waals surface area contributed by atoms with Gasteiger partial charge in [0.25, 0.3) is 0 Å². The van der Waals surface area contributed by atoms with Crippen molar-refractivity contribution in [2.75, 3.05) is 0 Å². The highest BCUT2D eigenvalue weighted by atomic mass is 15.2. The Labute approximate surface area is 224 Å². The van der Waals surface area contributed by atoms with Gasteiger partial charge in [0.2, 0.25) is 5.78 Å². The zero-order valence-electron chi connectivity index (χ0n) is 21.4. The first-order valence-electron chi connectivity index (χ1n) is 13.4. The molecule has 3 heteroatoms. The molecule has 0 fully saturated rings. The average Bonchev–Trinajstić information content (AvgIpc) is 3.61. The fraction of sp³-hybridized carbons (Fsp3) is 0.0278. The van der Waals surface area contributed by atoms with Gasteiger partial charge >= 0.3 is 0 Å². The zero-order valence-corrected chi connectivity index (χ0v) is 21.4. The third kappa shape index (κ3) is 2.84. The van der Waals surface area contributed by atoms with Gasteiger partial charge in [-0.1, -0.05) is 78.9 Å². The maximum absolute atomic E-state index is 5.13. The lowest BCUT2D eigenvalue weighted by molar-refractivity contribution is 1.22. The number of aromatic nitrogens is 3. The Kier molecular flexibility index (Phi) is 3.99. The van der Waals surface area contributed by atoms with Crippen LogP contribution in [0.5, 0.6) is 0 Å². The van der Waals surface area contributed by atoms with Gasteiger partial charge in [-0.2, -0.15) is 0 Å². The molecule has 0 saturated heterocycles. The van der Waals surface area contributed by atoms with Crippen molar-refractivity contribution in [3.63, 3.8) is 0 Å². The number of fused-ring (bicyclic) bond motifs is 9. The van der Waals surface area contributed by atoms with Gasteiger partial charge < -0.3 is 0 Å². The number of imidazole rings is 2. The molecule has 0 saturated carbocycles. The van der Waals surface area contributed by atoms with Crippen molar-refractivity contribution in [1.29, 1.82) is 0 Å². The number of benzene rings is 6. The standard InChI is InChI=1S/C36H23N3/c1-22-15-26(23-9-3-2-4-10-23)17-27(16-22)28-19-30-29-18-24-11-5-6-12-25(24)20-33(29)39-35(30)34(21-28)38-32-14-8-7-13-31(32)37-36(38)39/h2-21H,1H3. The molecule has 3 nitrogen and oxygen atoms in total. The maximum atomic E-state index is 5.13. The molecular weight excluding hydrogens is 474 g/mol. The van der Waals surface area contributed by atoms with E-state index in [9.17, 15) is 0 Å². The van der Waals surface area contributed by atoms with Crippen molar-refractivity contribution >= 4 is 54.9 Å². The molecule has 3 heterocycles. The molecule has 0 radical (unpaired) electrons. The van der Waals surface area contributed by atoms with Crippen LogP contribution in [0.2, 0.25) is 0 Å². The lowest BCUT2D eigenvalue weighted by atomic mass is 9.95. The molecule has 0 N–H and O–H groups in total. The molecule has 6 aromatic carbocycles. The summed E-state index contributed by atoms with van der Waals surface area (Å²) in [5.74, 6) is 0.966. The van der Waals surface area contributed by atoms with Crippen LogP contribution in [0.15, 0.2) is 121 Å². The topological polar surface area (TPSA) is 21.7 Å². The minimum atomic E-state index is 0.966. The minimum absolute atomic E-state index is 0.966. The lowest BCUT2D eigenvalue weighted by Crippen LogP contribution is -1.87. The maximum Gasteiger partial charge on any atom is 0.220 e. The quantitative estimate of drug-likeness (QED) is 0.233. The number of hydrogen-bond donors (Lipinski definition) is 0. The molecule has 0 unspecified atom stereocenters. The second-order valence-corrected chi connectivity index (χ2v) is 10.6. The molecule has 0 spiro atoms. The summed E-state index contributed by atoms with van der Waals surface area (Å²) >= 11 is 0. The summed E-state index contributed by atoms with van der Waals surface area (Å²) in [5.41, 5.74) is 11.9. The van der Waals surface area contributed by atoms with Crippen molar-refractivity contribution in [3.05, 3.63) is 127 Å². The fourth-order valence-electron chi connectivity index (χ4n) is 6.50. The van der Waals surface area contributed by atoms with Crippen LogP contribution in [0.4, 0.5) is 0 Å². The van der Waals surface area contributed by atoms with Gasteiger partial charge in [0, 0.05) is 10.8 Å². The smallest absolute Gasteiger partial charge is 0.220 e. The zero-order chi connectivity index (χ0) is 25.7. The van der Waals surface area contributed by atoms with Gasteiger partial charge in [0.15, 0.2) is 0 Å². The highest BCUT2D eigenvalue weighted by molar-refractivity contribution is 6.19. The summed E-state index contributed by atoms with van der Waals surface area (Å²) < 4.78 is 4.70. The van der Waals surface area contributed by atoms with E-state index in [1.807, 2.05) is 0 Å². The molecule has 0 atom stereocenters. The summed E-state index contributed by atoms with van der Waals surface area (Å²) in [6.07, 6.45) is 0. The van der Waals surface area contributed by atoms with Gasteiger partial charge in [-0.05, 0) is 88.0 Å². The Bertz CT molecular complexity index is 2390. The van der Waals surface area contributed by atoms with Gasteiger partial charge in [-0.25, -0.2) is 4.98 Å². The third-order valence-corrected chi connectivity index (χ3v) is 8.21. The predicted octanol–water partition coefficient (Wildman–Crippen LogP) is 9.28. The summed E-state index contributed by atoms with van der Waals surface area (Å²) in [5, 5.41) is 5.03. The Morgan fingerprint density at radius 2 is 1.18 bits per heavy atom. The third-order valence-electron chi connectivity index (χ3n) is 8.21. The van der Waals surface area contributed by atoms with E-state index in [1.54, 1.807) is 0 Å². The van der Waals surface area contributed by atoms with Gasteiger partial charge in [-0.15, -0.1) is 0 Å². The van der Waals surface area contributed by atoms with E-state index in [0.29, 0.717) is 0 Å². The summed E-state index contributed by atoms with van der Waals surface area (Å²) in [7, 11) is 0. The number of rotatable bonds is 2. The summed E-state index contributed by atoms with van der Waals surface area (Å²) in [4.78, 5) is 5.13. The van der Waals surface area contributed by atoms with Crippen molar-refractivity contribution < 1.29 is 0 Å². The molecule has 0 aliphatic heterocycles. The molecule has 9 aromatic rings. The second-order valence-electron chi connectivity index (χ2n) is 10.6. The molecule has 39 heavy (non-hydrogen) atoms. The highest BCUT2D eigenvalue weighted by Crippen LogP contribution is 2.41. The van der Waals surface area contributed by atoms with Crippen LogP contribution in [-0.2, 0) is 0 Å². The van der Waals surface area contributed by atoms with E-state index in [0.717, 1.165) is 16.8 Å². The van der Waals surface area contributed by atoms with Crippen LogP contribution in [0.1, 0.15) is 5.56 Å². The van der Waals surface area contributed by atoms with Crippen LogP contribution in [0.25, 0.3) is 77.2 Å². The van der Waals surface area contributed by atoms with Crippen LogP contribution in [0, 0.1) is 6.92 Å². The van der Waals surface area contributed by atoms with Gasteiger partial charge in [0.1, 0.15) is 0 Å². The van der Waals surface area contributed by atoms with E-state index >= 15 is 0 Å². The second kappa shape index (κ2) is 7.46. The first kappa shape index (κ1) is 20.9. The monoisotopic (exact) mass is 497 g/mol. The minimum Gasteiger partial charge on any atom is -0.277 e. The molecule has 3 aromatic heterocycles. The molecule has 182 valence electrons. The molecule has 0 aliphatic carbocycles. The normalized spacial score (nSPS) is 12.2. The van der Waals surface area contributed by atoms with Crippen LogP contribution >= 0.6 is 0 Å². The first-order chi connectivity index (χ1) is 19.2. The van der Waals surface area contributed by atoms with Crippen LogP contribution in [-0.4, -0.2) is 13.8 Å². The Morgan fingerprint density at radius 1 is 0.487 bits per heavy atom. The van der Waals surface area contributed by atoms with Crippen molar-refractivity contribution in [2.24, 2.45) is 0 Å². The van der Waals surface area contributed by atoms with Crippen LogP contribution < -0.4 is 0 Å². The van der Waals surface area contributed by atoms with E-state index in [-0.39, 0.29) is 0 Å². The van der Waals surface area contributed by atoms with E-state index in [1.165, 1.54) is 65.9 Å². The van der Waals surface area contributed by atoms with Crippen molar-refractivity contribution in [3.8, 4) is 22.3 Å². The van der Waals surface area contributed by atoms with Gasteiger partial charge in [0.05, 0.1) is 27.6 Å². The Balaban J connectivity index is 1.45. The fourth-order valence-corrected chi connectivity index (χ4v) is 6.50. The molecular formula is C36H23N3. The van der Waals surface area contributed by atoms with Crippen molar-refractivity contribution in [2.45, 2.75) is 6.92 Å². The number of aryl methyl sites for hydroxylation is 1. The Hall–Kier alpha value is -5.15. The van der Waals surface area contributed by atoms with E-state index in [2.05, 4.69) is 137 Å². The molecule has 0 aliphatic rings. The van der Waals surface area contributed by atoms with Crippen LogP contribution in [0.3, 0.4) is 0 Å².